The van der Waals surface area contributed by atoms with Crippen LogP contribution in [0.25, 0.3) is 10.9 Å². The maximum atomic E-state index is 13.8. The average molecular weight is 465 g/mol. The second-order valence-corrected chi connectivity index (χ2v) is 9.09. The van der Waals surface area contributed by atoms with Crippen molar-refractivity contribution in [1.82, 2.24) is 10.3 Å². The number of carbonyl (C=O) groups is 2. The minimum absolute atomic E-state index is 0.0790. The summed E-state index contributed by atoms with van der Waals surface area (Å²) in [5, 5.41) is 6.60. The first kappa shape index (κ1) is 23.8. The van der Waals surface area contributed by atoms with Crippen LogP contribution in [0.3, 0.4) is 0 Å². The summed E-state index contributed by atoms with van der Waals surface area (Å²) in [6.07, 6.45) is 4.75. The molecule has 1 aromatic heterocycles. The zero-order valence-corrected chi connectivity index (χ0v) is 19.9. The third-order valence-corrected chi connectivity index (χ3v) is 6.50. The molecule has 4 rings (SSSR count). The van der Waals surface area contributed by atoms with Crippen LogP contribution in [0, 0.1) is 12.7 Å². The normalized spacial score (nSPS) is 14.4. The van der Waals surface area contributed by atoms with E-state index in [-0.39, 0.29) is 24.1 Å². The number of rotatable bonds is 9. The van der Waals surface area contributed by atoms with Crippen LogP contribution >= 0.6 is 0 Å². The van der Waals surface area contributed by atoms with E-state index in [4.69, 9.17) is 0 Å². The summed E-state index contributed by atoms with van der Waals surface area (Å²) in [7, 11) is 0. The number of H-pyrrole nitrogens is 1. The standard InChI is InChI=1S/C27H33FN4O2/c1-3-4-10-25(27(34)30-20-8-7-9-21(16-20)32-13-5-6-14-32)31-26(33)17-22-18(2)29-24-12-11-19(28)15-23(22)24/h7-9,11-12,15-16,25,29H,3-6,10,13-14,17H2,1-2H3,(H,30,34)(H,31,33). The Labute approximate surface area is 199 Å². The maximum absolute atomic E-state index is 13.8. The fourth-order valence-electron chi connectivity index (χ4n) is 4.65. The van der Waals surface area contributed by atoms with E-state index < -0.39 is 6.04 Å². The van der Waals surface area contributed by atoms with E-state index in [1.807, 2.05) is 25.1 Å². The Kier molecular flexibility index (Phi) is 7.50. The maximum Gasteiger partial charge on any atom is 0.246 e. The van der Waals surface area contributed by atoms with Gasteiger partial charge in [-0.15, -0.1) is 0 Å². The third kappa shape index (κ3) is 5.58. The molecule has 1 aliphatic heterocycles. The Morgan fingerprint density at radius 2 is 1.94 bits per heavy atom. The van der Waals surface area contributed by atoms with E-state index in [1.54, 1.807) is 6.07 Å². The molecule has 1 aliphatic rings. The first-order valence-electron chi connectivity index (χ1n) is 12.2. The monoisotopic (exact) mass is 464 g/mol. The fourth-order valence-corrected chi connectivity index (χ4v) is 4.65. The van der Waals surface area contributed by atoms with Crippen LogP contribution in [0.1, 0.15) is 50.3 Å². The van der Waals surface area contributed by atoms with Gasteiger partial charge in [-0.05, 0) is 68.1 Å². The Bertz CT molecular complexity index is 1170. The number of amides is 2. The van der Waals surface area contributed by atoms with Crippen molar-refractivity contribution in [2.75, 3.05) is 23.3 Å². The van der Waals surface area contributed by atoms with E-state index in [9.17, 15) is 14.0 Å². The summed E-state index contributed by atoms with van der Waals surface area (Å²) in [6.45, 7) is 5.99. The Balaban J connectivity index is 1.45. The van der Waals surface area contributed by atoms with Crippen LogP contribution in [0.5, 0.6) is 0 Å². The Morgan fingerprint density at radius 1 is 1.15 bits per heavy atom. The number of halogens is 1. The highest BCUT2D eigenvalue weighted by Gasteiger charge is 2.22. The molecule has 0 bridgehead atoms. The first-order chi connectivity index (χ1) is 16.4. The van der Waals surface area contributed by atoms with Crippen LogP contribution in [-0.2, 0) is 16.0 Å². The average Bonchev–Trinajstić information content (AvgIpc) is 3.46. The first-order valence-corrected chi connectivity index (χ1v) is 12.2. The number of aromatic amines is 1. The van der Waals surface area contributed by atoms with Gasteiger partial charge >= 0.3 is 0 Å². The molecule has 2 aromatic carbocycles. The van der Waals surface area contributed by atoms with Gasteiger partial charge in [0.25, 0.3) is 0 Å². The van der Waals surface area contributed by atoms with Gasteiger partial charge in [0.2, 0.25) is 11.8 Å². The Hall–Kier alpha value is -3.35. The molecule has 1 fully saturated rings. The molecular formula is C27H33FN4O2. The number of carbonyl (C=O) groups excluding carboxylic acids is 2. The number of benzene rings is 2. The van der Waals surface area contributed by atoms with Crippen molar-refractivity contribution >= 4 is 34.1 Å². The van der Waals surface area contributed by atoms with E-state index in [0.717, 1.165) is 54.1 Å². The second kappa shape index (κ2) is 10.7. The van der Waals surface area contributed by atoms with Crippen molar-refractivity contribution in [3.8, 4) is 0 Å². The molecule has 3 aromatic rings. The van der Waals surface area contributed by atoms with Crippen LogP contribution < -0.4 is 15.5 Å². The van der Waals surface area contributed by atoms with Gasteiger partial charge in [-0.1, -0.05) is 25.8 Å². The zero-order chi connectivity index (χ0) is 24.1. The summed E-state index contributed by atoms with van der Waals surface area (Å²) in [6, 6.07) is 11.7. The van der Waals surface area contributed by atoms with Gasteiger partial charge in [0, 0.05) is 41.1 Å². The SMILES string of the molecule is CCCCC(NC(=O)Cc1c(C)[nH]c2ccc(F)cc12)C(=O)Nc1cccc(N2CCCC2)c1. The smallest absolute Gasteiger partial charge is 0.246 e. The molecule has 2 amide bonds. The molecule has 1 unspecified atom stereocenters. The summed E-state index contributed by atoms with van der Waals surface area (Å²) in [4.78, 5) is 31.6. The molecule has 3 N–H and O–H groups in total. The van der Waals surface area contributed by atoms with Gasteiger partial charge in [-0.3, -0.25) is 9.59 Å². The van der Waals surface area contributed by atoms with Crippen molar-refractivity contribution < 1.29 is 14.0 Å². The van der Waals surface area contributed by atoms with Crippen molar-refractivity contribution in [3.05, 3.63) is 59.5 Å². The van der Waals surface area contributed by atoms with E-state index in [0.29, 0.717) is 11.8 Å². The summed E-state index contributed by atoms with van der Waals surface area (Å²) >= 11 is 0. The third-order valence-electron chi connectivity index (χ3n) is 6.50. The van der Waals surface area contributed by atoms with Crippen molar-refractivity contribution in [2.24, 2.45) is 0 Å². The van der Waals surface area contributed by atoms with Crippen LogP contribution in [0.2, 0.25) is 0 Å². The van der Waals surface area contributed by atoms with Gasteiger partial charge in [0.1, 0.15) is 11.9 Å². The quantitative estimate of drug-likeness (QED) is 0.414. The summed E-state index contributed by atoms with van der Waals surface area (Å²) in [5.74, 6) is -0.818. The molecule has 6 nitrogen and oxygen atoms in total. The molecule has 34 heavy (non-hydrogen) atoms. The molecule has 2 heterocycles. The highest BCUT2D eigenvalue weighted by Crippen LogP contribution is 2.25. The van der Waals surface area contributed by atoms with Gasteiger partial charge in [-0.25, -0.2) is 4.39 Å². The van der Waals surface area contributed by atoms with Gasteiger partial charge < -0.3 is 20.5 Å². The lowest BCUT2D eigenvalue weighted by Gasteiger charge is -2.21. The fraction of sp³-hybridized carbons (Fsp3) is 0.407. The second-order valence-electron chi connectivity index (χ2n) is 9.09. The molecular weight excluding hydrogens is 431 g/mol. The number of aromatic nitrogens is 1. The lowest BCUT2D eigenvalue weighted by Crippen LogP contribution is -2.44. The van der Waals surface area contributed by atoms with Crippen molar-refractivity contribution in [1.29, 1.82) is 0 Å². The minimum Gasteiger partial charge on any atom is -0.371 e. The lowest BCUT2D eigenvalue weighted by molar-refractivity contribution is -0.126. The lowest BCUT2D eigenvalue weighted by atomic mass is 10.1. The molecule has 1 saturated heterocycles. The van der Waals surface area contributed by atoms with Crippen LogP contribution in [0.4, 0.5) is 15.8 Å². The van der Waals surface area contributed by atoms with E-state index >= 15 is 0 Å². The number of fused-ring (bicyclic) bond motifs is 1. The summed E-state index contributed by atoms with van der Waals surface area (Å²) in [5.41, 5.74) is 4.20. The number of hydrogen-bond acceptors (Lipinski definition) is 3. The molecule has 0 radical (unpaired) electrons. The minimum atomic E-state index is -0.634. The predicted molar refractivity (Wildman–Crippen MR) is 135 cm³/mol. The van der Waals surface area contributed by atoms with E-state index in [2.05, 4.69) is 33.5 Å². The van der Waals surface area contributed by atoms with Crippen LogP contribution in [-0.4, -0.2) is 35.9 Å². The number of aryl methyl sites for hydroxylation is 1. The highest BCUT2D eigenvalue weighted by atomic mass is 19.1. The molecule has 0 aliphatic carbocycles. The number of hydrogen-bond donors (Lipinski definition) is 3. The topological polar surface area (TPSA) is 77.2 Å². The van der Waals surface area contributed by atoms with Crippen LogP contribution in [0.15, 0.2) is 42.5 Å². The molecule has 0 saturated carbocycles. The largest absolute Gasteiger partial charge is 0.371 e. The van der Waals surface area contributed by atoms with Crippen molar-refractivity contribution in [3.63, 3.8) is 0 Å². The molecule has 7 heteroatoms. The number of nitrogens with zero attached hydrogens (tertiary/aromatic N) is 1. The van der Waals surface area contributed by atoms with E-state index in [1.165, 1.54) is 25.0 Å². The highest BCUT2D eigenvalue weighted by molar-refractivity contribution is 5.98. The van der Waals surface area contributed by atoms with Gasteiger partial charge in [0.05, 0.1) is 6.42 Å². The van der Waals surface area contributed by atoms with Gasteiger partial charge in [-0.2, -0.15) is 0 Å². The zero-order valence-electron chi connectivity index (χ0n) is 19.9. The molecule has 0 spiro atoms. The van der Waals surface area contributed by atoms with Gasteiger partial charge in [0.15, 0.2) is 0 Å². The molecule has 180 valence electrons. The number of unbranched alkanes of at least 4 members (excludes halogenated alkanes) is 1. The summed E-state index contributed by atoms with van der Waals surface area (Å²) < 4.78 is 13.8. The number of nitrogens with one attached hydrogen (secondary N) is 3. The van der Waals surface area contributed by atoms with Crippen molar-refractivity contribution in [2.45, 2.75) is 58.4 Å². The number of anilines is 2. The Morgan fingerprint density at radius 3 is 2.71 bits per heavy atom. The molecule has 1 atom stereocenters. The predicted octanol–water partition coefficient (Wildman–Crippen LogP) is 5.07.